The van der Waals surface area contributed by atoms with Gasteiger partial charge in [-0.3, -0.25) is 4.79 Å². The van der Waals surface area contributed by atoms with Gasteiger partial charge in [-0.05, 0) is 18.6 Å². The zero-order valence-corrected chi connectivity index (χ0v) is 10.0. The maximum Gasteiger partial charge on any atom is 0.257 e. The van der Waals surface area contributed by atoms with Crippen molar-refractivity contribution in [3.63, 3.8) is 0 Å². The molecule has 0 saturated carbocycles. The summed E-state index contributed by atoms with van der Waals surface area (Å²) in [7, 11) is 0. The fraction of sp³-hybridized carbons (Fsp3) is 0.462. The summed E-state index contributed by atoms with van der Waals surface area (Å²) in [5, 5.41) is 2.74. The number of benzene rings is 1. The van der Waals surface area contributed by atoms with E-state index in [4.69, 9.17) is 4.74 Å². The Morgan fingerprint density at radius 1 is 1.41 bits per heavy atom. The van der Waals surface area contributed by atoms with Crippen LogP contribution < -0.4 is 10.1 Å². The van der Waals surface area contributed by atoms with E-state index >= 15 is 0 Å². The highest BCUT2D eigenvalue weighted by atomic mass is 19.1. The molecular weight excluding hydrogens is 221 g/mol. The van der Waals surface area contributed by atoms with E-state index in [9.17, 15) is 9.18 Å². The van der Waals surface area contributed by atoms with Crippen LogP contribution in [0.2, 0.25) is 0 Å². The molecule has 0 aromatic heterocycles. The van der Waals surface area contributed by atoms with Crippen molar-refractivity contribution in [1.29, 1.82) is 0 Å². The quantitative estimate of drug-likeness (QED) is 0.742. The van der Waals surface area contributed by atoms with E-state index in [2.05, 4.69) is 12.2 Å². The molecule has 17 heavy (non-hydrogen) atoms. The maximum absolute atomic E-state index is 12.8. The molecule has 0 radical (unpaired) electrons. The third kappa shape index (κ3) is 5.90. The second-order valence-corrected chi connectivity index (χ2v) is 3.80. The van der Waals surface area contributed by atoms with Crippen LogP contribution in [0.1, 0.15) is 26.2 Å². The Morgan fingerprint density at radius 3 is 2.94 bits per heavy atom. The van der Waals surface area contributed by atoms with Crippen LogP contribution in [0.25, 0.3) is 0 Å². The highest BCUT2D eigenvalue weighted by molar-refractivity contribution is 5.77. The number of rotatable bonds is 7. The van der Waals surface area contributed by atoms with Gasteiger partial charge in [0.05, 0.1) is 0 Å². The summed E-state index contributed by atoms with van der Waals surface area (Å²) in [6.45, 7) is 2.70. The van der Waals surface area contributed by atoms with E-state index in [0.29, 0.717) is 12.3 Å². The molecule has 0 atom stereocenters. The van der Waals surface area contributed by atoms with Crippen molar-refractivity contribution >= 4 is 5.91 Å². The predicted molar refractivity (Wildman–Crippen MR) is 64.4 cm³/mol. The summed E-state index contributed by atoms with van der Waals surface area (Å²) < 4.78 is 18.0. The first kappa shape index (κ1) is 13.5. The van der Waals surface area contributed by atoms with Gasteiger partial charge in [-0.2, -0.15) is 0 Å². The number of hydrogen-bond acceptors (Lipinski definition) is 2. The van der Waals surface area contributed by atoms with E-state index in [-0.39, 0.29) is 18.3 Å². The smallest absolute Gasteiger partial charge is 0.257 e. The van der Waals surface area contributed by atoms with E-state index in [0.717, 1.165) is 19.3 Å². The second-order valence-electron chi connectivity index (χ2n) is 3.80. The lowest BCUT2D eigenvalue weighted by molar-refractivity contribution is -0.123. The minimum atomic E-state index is -0.370. The van der Waals surface area contributed by atoms with Crippen LogP contribution in [0.4, 0.5) is 4.39 Å². The number of halogens is 1. The third-order valence-electron chi connectivity index (χ3n) is 2.27. The van der Waals surface area contributed by atoms with Gasteiger partial charge in [-0.15, -0.1) is 0 Å². The van der Waals surface area contributed by atoms with Crippen molar-refractivity contribution in [2.45, 2.75) is 26.2 Å². The molecule has 1 rings (SSSR count). The minimum absolute atomic E-state index is 0.0738. The Kier molecular flexibility index (Phi) is 6.07. The Labute approximate surface area is 101 Å². The van der Waals surface area contributed by atoms with E-state index in [1.165, 1.54) is 12.1 Å². The van der Waals surface area contributed by atoms with Crippen molar-refractivity contribution in [1.82, 2.24) is 5.32 Å². The highest BCUT2D eigenvalue weighted by Gasteiger charge is 2.02. The number of unbranched alkanes of at least 4 members (excludes halogenated alkanes) is 2. The van der Waals surface area contributed by atoms with Gasteiger partial charge in [-0.25, -0.2) is 4.39 Å². The van der Waals surface area contributed by atoms with Crippen LogP contribution in [-0.4, -0.2) is 19.1 Å². The zero-order valence-electron chi connectivity index (χ0n) is 10.0. The molecule has 0 saturated heterocycles. The van der Waals surface area contributed by atoms with Crippen molar-refractivity contribution in [3.8, 4) is 5.75 Å². The molecule has 0 aliphatic rings. The molecule has 94 valence electrons. The fourth-order valence-electron chi connectivity index (χ4n) is 1.36. The average Bonchev–Trinajstić information content (AvgIpc) is 2.32. The summed E-state index contributed by atoms with van der Waals surface area (Å²) in [6, 6.07) is 5.75. The van der Waals surface area contributed by atoms with Crippen molar-refractivity contribution in [2.75, 3.05) is 13.2 Å². The van der Waals surface area contributed by atoms with E-state index in [1.807, 2.05) is 0 Å². The number of carbonyl (C=O) groups excluding carboxylic acids is 1. The van der Waals surface area contributed by atoms with Gasteiger partial charge in [0.15, 0.2) is 6.61 Å². The molecule has 0 unspecified atom stereocenters. The monoisotopic (exact) mass is 239 g/mol. The molecule has 0 aliphatic heterocycles. The highest BCUT2D eigenvalue weighted by Crippen LogP contribution is 2.11. The van der Waals surface area contributed by atoms with Gasteiger partial charge in [-0.1, -0.05) is 25.8 Å². The Bertz CT molecular complexity index is 355. The standard InChI is InChI=1S/C13H18FNO2/c1-2-3-4-8-15-13(16)10-17-12-7-5-6-11(14)9-12/h5-7,9H,2-4,8,10H2,1H3,(H,15,16). The fourth-order valence-corrected chi connectivity index (χ4v) is 1.36. The van der Waals surface area contributed by atoms with E-state index < -0.39 is 0 Å². The molecule has 0 aliphatic carbocycles. The van der Waals surface area contributed by atoms with Crippen LogP contribution in [0.3, 0.4) is 0 Å². The normalized spacial score (nSPS) is 10.0. The van der Waals surface area contributed by atoms with Crippen molar-refractivity contribution in [2.24, 2.45) is 0 Å². The molecule has 3 nitrogen and oxygen atoms in total. The lowest BCUT2D eigenvalue weighted by Gasteiger charge is -2.07. The van der Waals surface area contributed by atoms with Crippen LogP contribution in [0.5, 0.6) is 5.75 Å². The van der Waals surface area contributed by atoms with Gasteiger partial charge >= 0.3 is 0 Å². The maximum atomic E-state index is 12.8. The Morgan fingerprint density at radius 2 is 2.24 bits per heavy atom. The van der Waals surface area contributed by atoms with Gasteiger partial charge < -0.3 is 10.1 Å². The number of hydrogen-bond donors (Lipinski definition) is 1. The lowest BCUT2D eigenvalue weighted by Crippen LogP contribution is -2.29. The summed E-state index contributed by atoms with van der Waals surface area (Å²) in [5.74, 6) is -0.176. The zero-order chi connectivity index (χ0) is 12.5. The summed E-state index contributed by atoms with van der Waals surface area (Å²) >= 11 is 0. The van der Waals surface area contributed by atoms with Crippen LogP contribution >= 0.6 is 0 Å². The molecule has 1 aromatic rings. The minimum Gasteiger partial charge on any atom is -0.484 e. The van der Waals surface area contributed by atoms with Crippen LogP contribution in [0.15, 0.2) is 24.3 Å². The van der Waals surface area contributed by atoms with Gasteiger partial charge in [0.1, 0.15) is 11.6 Å². The molecule has 0 bridgehead atoms. The first-order valence-electron chi connectivity index (χ1n) is 5.87. The summed E-state index contributed by atoms with van der Waals surface area (Å²) in [6.07, 6.45) is 3.20. The topological polar surface area (TPSA) is 38.3 Å². The average molecular weight is 239 g/mol. The molecular formula is C13H18FNO2. The first-order chi connectivity index (χ1) is 8.22. The first-order valence-corrected chi connectivity index (χ1v) is 5.87. The van der Waals surface area contributed by atoms with E-state index in [1.54, 1.807) is 12.1 Å². The number of ether oxygens (including phenoxy) is 1. The summed E-state index contributed by atoms with van der Waals surface area (Å²) in [5.41, 5.74) is 0. The van der Waals surface area contributed by atoms with Crippen molar-refractivity contribution < 1.29 is 13.9 Å². The molecule has 1 N–H and O–H groups in total. The molecule has 1 aromatic carbocycles. The van der Waals surface area contributed by atoms with Crippen LogP contribution in [0, 0.1) is 5.82 Å². The molecule has 4 heteroatoms. The predicted octanol–water partition coefficient (Wildman–Crippen LogP) is 2.51. The molecule has 0 fully saturated rings. The Hall–Kier alpha value is -1.58. The number of carbonyl (C=O) groups is 1. The molecule has 0 spiro atoms. The van der Waals surface area contributed by atoms with Gasteiger partial charge in [0.25, 0.3) is 5.91 Å². The third-order valence-corrected chi connectivity index (χ3v) is 2.27. The SMILES string of the molecule is CCCCCNC(=O)COc1cccc(F)c1. The number of nitrogens with one attached hydrogen (secondary N) is 1. The Balaban J connectivity index is 2.19. The van der Waals surface area contributed by atoms with Crippen LogP contribution in [-0.2, 0) is 4.79 Å². The largest absolute Gasteiger partial charge is 0.484 e. The second kappa shape index (κ2) is 7.65. The molecule has 1 amide bonds. The lowest BCUT2D eigenvalue weighted by atomic mass is 10.2. The number of amides is 1. The van der Waals surface area contributed by atoms with Gasteiger partial charge in [0, 0.05) is 12.6 Å². The molecule has 0 heterocycles. The van der Waals surface area contributed by atoms with Crippen molar-refractivity contribution in [3.05, 3.63) is 30.1 Å². The van der Waals surface area contributed by atoms with Gasteiger partial charge in [0.2, 0.25) is 0 Å². The summed E-state index contributed by atoms with van der Waals surface area (Å²) in [4.78, 5) is 11.3.